The van der Waals surface area contributed by atoms with Crippen LogP contribution in [0.5, 0.6) is 17.2 Å². The van der Waals surface area contributed by atoms with Crippen molar-refractivity contribution in [2.45, 2.75) is 13.2 Å². The first kappa shape index (κ1) is 22.2. The van der Waals surface area contributed by atoms with E-state index in [-0.39, 0.29) is 12.5 Å². The minimum Gasteiger partial charge on any atom is -0.493 e. The standard InChI is InChI=1S/C25H28N2O4/c1-27(16-20-10-7-11-23(29-2)25(20)30-3)17-24(28)26-21-12-14-22(15-13-21)31-18-19-8-5-4-6-9-19/h4-15H,16-18H2,1-3H3,(H,26,28). The predicted molar refractivity (Wildman–Crippen MR) is 122 cm³/mol. The van der Waals surface area contributed by atoms with Gasteiger partial charge in [0.15, 0.2) is 11.5 Å². The summed E-state index contributed by atoms with van der Waals surface area (Å²) >= 11 is 0. The molecule has 6 heteroatoms. The summed E-state index contributed by atoms with van der Waals surface area (Å²) in [7, 11) is 5.11. The van der Waals surface area contributed by atoms with Crippen molar-refractivity contribution in [3.05, 3.63) is 83.9 Å². The number of rotatable bonds is 10. The van der Waals surface area contributed by atoms with Crippen molar-refractivity contribution >= 4 is 11.6 Å². The van der Waals surface area contributed by atoms with Crippen LogP contribution in [0.3, 0.4) is 0 Å². The van der Waals surface area contributed by atoms with E-state index < -0.39 is 0 Å². The SMILES string of the molecule is COc1cccc(CN(C)CC(=O)Nc2ccc(OCc3ccccc3)cc2)c1OC. The number of carbonyl (C=O) groups excluding carboxylic acids is 1. The van der Waals surface area contributed by atoms with E-state index in [0.29, 0.717) is 24.7 Å². The second-order valence-electron chi connectivity index (χ2n) is 7.17. The topological polar surface area (TPSA) is 60.0 Å². The van der Waals surface area contributed by atoms with Gasteiger partial charge < -0.3 is 19.5 Å². The third-order valence-corrected chi connectivity index (χ3v) is 4.72. The molecule has 0 unspecified atom stereocenters. The first-order valence-corrected chi connectivity index (χ1v) is 10.0. The maximum absolute atomic E-state index is 12.4. The van der Waals surface area contributed by atoms with Gasteiger partial charge in [-0.25, -0.2) is 0 Å². The summed E-state index contributed by atoms with van der Waals surface area (Å²) in [5, 5.41) is 2.92. The molecule has 162 valence electrons. The Labute approximate surface area is 183 Å². The fourth-order valence-corrected chi connectivity index (χ4v) is 3.25. The van der Waals surface area contributed by atoms with Gasteiger partial charge in [-0.05, 0) is 42.9 Å². The molecule has 0 aliphatic rings. The van der Waals surface area contributed by atoms with Crippen LogP contribution in [0.15, 0.2) is 72.8 Å². The van der Waals surface area contributed by atoms with Crippen molar-refractivity contribution in [2.75, 3.05) is 33.1 Å². The highest BCUT2D eigenvalue weighted by Crippen LogP contribution is 2.31. The van der Waals surface area contributed by atoms with Gasteiger partial charge in [0.2, 0.25) is 5.91 Å². The zero-order valence-electron chi connectivity index (χ0n) is 18.1. The minimum atomic E-state index is -0.0951. The third kappa shape index (κ3) is 6.49. The molecule has 0 aromatic heterocycles. The molecule has 0 aliphatic heterocycles. The molecule has 0 heterocycles. The summed E-state index contributed by atoms with van der Waals surface area (Å²) in [5.41, 5.74) is 2.79. The first-order chi connectivity index (χ1) is 15.1. The monoisotopic (exact) mass is 420 g/mol. The van der Waals surface area contributed by atoms with Crippen LogP contribution in [-0.2, 0) is 17.9 Å². The molecular formula is C25H28N2O4. The first-order valence-electron chi connectivity index (χ1n) is 10.0. The summed E-state index contributed by atoms with van der Waals surface area (Å²) in [6.45, 7) is 1.30. The molecule has 0 spiro atoms. The van der Waals surface area contributed by atoms with Gasteiger partial charge in [-0.15, -0.1) is 0 Å². The molecule has 3 rings (SSSR count). The highest BCUT2D eigenvalue weighted by molar-refractivity contribution is 5.92. The molecule has 0 atom stereocenters. The average Bonchev–Trinajstić information content (AvgIpc) is 2.79. The Balaban J connectivity index is 1.50. The van der Waals surface area contributed by atoms with E-state index in [2.05, 4.69) is 5.32 Å². The molecule has 31 heavy (non-hydrogen) atoms. The Morgan fingerprint density at radius 3 is 2.32 bits per heavy atom. The van der Waals surface area contributed by atoms with Crippen LogP contribution in [-0.4, -0.2) is 38.6 Å². The van der Waals surface area contributed by atoms with Gasteiger partial charge in [-0.2, -0.15) is 0 Å². The Morgan fingerprint density at radius 2 is 1.65 bits per heavy atom. The molecule has 0 saturated carbocycles. The van der Waals surface area contributed by atoms with Crippen molar-refractivity contribution in [3.8, 4) is 17.2 Å². The number of benzene rings is 3. The second kappa shape index (κ2) is 11.0. The number of likely N-dealkylation sites (N-methyl/N-ethyl adjacent to an activating group) is 1. The number of amides is 1. The summed E-state index contributed by atoms with van der Waals surface area (Å²) in [5.74, 6) is 2.02. The van der Waals surface area contributed by atoms with Crippen molar-refractivity contribution in [1.29, 1.82) is 0 Å². The Morgan fingerprint density at radius 1 is 0.903 bits per heavy atom. The molecule has 3 aromatic carbocycles. The number of methoxy groups -OCH3 is 2. The van der Waals surface area contributed by atoms with Crippen LogP contribution in [0.4, 0.5) is 5.69 Å². The molecule has 0 radical (unpaired) electrons. The van der Waals surface area contributed by atoms with Gasteiger partial charge in [0.1, 0.15) is 12.4 Å². The summed E-state index contributed by atoms with van der Waals surface area (Å²) in [4.78, 5) is 14.4. The summed E-state index contributed by atoms with van der Waals surface area (Å²) in [6.07, 6.45) is 0. The largest absolute Gasteiger partial charge is 0.493 e. The van der Waals surface area contributed by atoms with Gasteiger partial charge in [0.25, 0.3) is 0 Å². The lowest BCUT2D eigenvalue weighted by molar-refractivity contribution is -0.117. The van der Waals surface area contributed by atoms with Crippen molar-refractivity contribution in [1.82, 2.24) is 4.90 Å². The molecule has 0 bridgehead atoms. The van der Waals surface area contributed by atoms with Crippen LogP contribution >= 0.6 is 0 Å². The molecular weight excluding hydrogens is 392 g/mol. The number of anilines is 1. The normalized spacial score (nSPS) is 10.6. The van der Waals surface area contributed by atoms with Gasteiger partial charge in [0.05, 0.1) is 20.8 Å². The number of para-hydroxylation sites is 1. The van der Waals surface area contributed by atoms with Gasteiger partial charge in [0, 0.05) is 17.8 Å². The third-order valence-electron chi connectivity index (χ3n) is 4.72. The fourth-order valence-electron chi connectivity index (χ4n) is 3.25. The number of hydrogen-bond acceptors (Lipinski definition) is 5. The molecule has 0 fully saturated rings. The molecule has 0 saturated heterocycles. The van der Waals surface area contributed by atoms with Crippen LogP contribution < -0.4 is 19.5 Å². The van der Waals surface area contributed by atoms with E-state index in [1.165, 1.54) is 0 Å². The number of hydrogen-bond donors (Lipinski definition) is 1. The van der Waals surface area contributed by atoms with Crippen molar-refractivity contribution in [3.63, 3.8) is 0 Å². The smallest absolute Gasteiger partial charge is 0.238 e. The van der Waals surface area contributed by atoms with E-state index in [0.717, 1.165) is 22.6 Å². The second-order valence-corrected chi connectivity index (χ2v) is 7.17. The highest BCUT2D eigenvalue weighted by atomic mass is 16.5. The Kier molecular flexibility index (Phi) is 7.90. The summed E-state index contributed by atoms with van der Waals surface area (Å²) < 4.78 is 16.6. The van der Waals surface area contributed by atoms with Crippen LogP contribution in [0, 0.1) is 0 Å². The van der Waals surface area contributed by atoms with E-state index in [1.54, 1.807) is 14.2 Å². The number of ether oxygens (including phenoxy) is 3. The van der Waals surface area contributed by atoms with Gasteiger partial charge in [-0.3, -0.25) is 9.69 Å². The molecule has 0 aliphatic carbocycles. The molecule has 6 nitrogen and oxygen atoms in total. The lowest BCUT2D eigenvalue weighted by Gasteiger charge is -2.19. The maximum Gasteiger partial charge on any atom is 0.238 e. The highest BCUT2D eigenvalue weighted by Gasteiger charge is 2.13. The van der Waals surface area contributed by atoms with E-state index >= 15 is 0 Å². The zero-order chi connectivity index (χ0) is 22.1. The Hall–Kier alpha value is -3.51. The minimum absolute atomic E-state index is 0.0951. The summed E-state index contributed by atoms with van der Waals surface area (Å²) in [6, 6.07) is 23.1. The lowest BCUT2D eigenvalue weighted by atomic mass is 10.1. The fraction of sp³-hybridized carbons (Fsp3) is 0.240. The van der Waals surface area contributed by atoms with E-state index in [9.17, 15) is 4.79 Å². The quantitative estimate of drug-likeness (QED) is 0.528. The molecule has 3 aromatic rings. The van der Waals surface area contributed by atoms with Crippen LogP contribution in [0.25, 0.3) is 0 Å². The van der Waals surface area contributed by atoms with Crippen molar-refractivity contribution in [2.24, 2.45) is 0 Å². The molecule has 1 N–H and O–H groups in total. The molecule has 1 amide bonds. The van der Waals surface area contributed by atoms with Crippen LogP contribution in [0.1, 0.15) is 11.1 Å². The van der Waals surface area contributed by atoms with Crippen LogP contribution in [0.2, 0.25) is 0 Å². The van der Waals surface area contributed by atoms with E-state index in [4.69, 9.17) is 14.2 Å². The number of nitrogens with one attached hydrogen (secondary N) is 1. The average molecular weight is 421 g/mol. The van der Waals surface area contributed by atoms with Crippen molar-refractivity contribution < 1.29 is 19.0 Å². The van der Waals surface area contributed by atoms with Gasteiger partial charge >= 0.3 is 0 Å². The number of carbonyl (C=O) groups is 1. The number of nitrogens with zero attached hydrogens (tertiary/aromatic N) is 1. The predicted octanol–water partition coefficient (Wildman–Crippen LogP) is 4.35. The zero-order valence-corrected chi connectivity index (χ0v) is 18.1. The van der Waals surface area contributed by atoms with Gasteiger partial charge in [-0.1, -0.05) is 42.5 Å². The lowest BCUT2D eigenvalue weighted by Crippen LogP contribution is -2.30. The Bertz CT molecular complexity index is 975. The maximum atomic E-state index is 12.4. The van der Waals surface area contributed by atoms with E-state index in [1.807, 2.05) is 84.7 Å².